The Labute approximate surface area is 210 Å². The lowest BCUT2D eigenvalue weighted by molar-refractivity contribution is 0.0617. The highest BCUT2D eigenvalue weighted by Gasteiger charge is 2.25. The normalized spacial score (nSPS) is 19.1. The van der Waals surface area contributed by atoms with Crippen molar-refractivity contribution in [3.05, 3.63) is 47.7 Å². The molecule has 1 saturated heterocycles. The molecule has 0 spiro atoms. The van der Waals surface area contributed by atoms with Crippen molar-refractivity contribution >= 4 is 23.5 Å². The number of hydrogen-bond donors (Lipinski definition) is 3. The number of hydrogen-bond acceptors (Lipinski definition) is 6. The van der Waals surface area contributed by atoms with Crippen LogP contribution in [0.4, 0.5) is 10.5 Å². The molecule has 0 bridgehead atoms. The molecule has 1 aromatic heterocycles. The number of aromatic nitrogens is 1. The minimum atomic E-state index is -0.206. The first-order valence-electron chi connectivity index (χ1n) is 13.0. The fraction of sp³-hybridized carbons (Fsp3) is 0.538. The van der Waals surface area contributed by atoms with Crippen LogP contribution in [0.3, 0.4) is 0 Å². The molecule has 5 rings (SSSR count). The molecule has 10 heteroatoms. The van der Waals surface area contributed by atoms with Crippen molar-refractivity contribution in [1.82, 2.24) is 25.4 Å². The van der Waals surface area contributed by atoms with Crippen LogP contribution >= 0.6 is 0 Å². The maximum absolute atomic E-state index is 12.9. The van der Waals surface area contributed by atoms with E-state index in [0.717, 1.165) is 44.9 Å². The first-order valence-corrected chi connectivity index (χ1v) is 13.0. The van der Waals surface area contributed by atoms with Crippen molar-refractivity contribution in [2.24, 2.45) is 0 Å². The van der Waals surface area contributed by atoms with E-state index in [1.165, 1.54) is 6.26 Å². The van der Waals surface area contributed by atoms with Gasteiger partial charge in [0.25, 0.3) is 11.8 Å². The zero-order chi connectivity index (χ0) is 24.9. The van der Waals surface area contributed by atoms with Crippen LogP contribution < -0.4 is 16.0 Å². The largest absolute Gasteiger partial charge is 0.447 e. The van der Waals surface area contributed by atoms with Crippen LogP contribution in [0.5, 0.6) is 0 Å². The monoisotopic (exact) mass is 494 g/mol. The number of amides is 4. The summed E-state index contributed by atoms with van der Waals surface area (Å²) in [5, 5.41) is 8.78. The molecule has 2 heterocycles. The van der Waals surface area contributed by atoms with E-state index in [9.17, 15) is 14.4 Å². The predicted molar refractivity (Wildman–Crippen MR) is 134 cm³/mol. The zero-order valence-electron chi connectivity index (χ0n) is 20.5. The third-order valence-corrected chi connectivity index (χ3v) is 7.32. The fourth-order valence-corrected chi connectivity index (χ4v) is 4.90. The van der Waals surface area contributed by atoms with Gasteiger partial charge in [-0.05, 0) is 56.4 Å². The van der Waals surface area contributed by atoms with E-state index in [4.69, 9.17) is 4.42 Å². The maximum Gasteiger partial charge on any atom is 0.319 e. The predicted octanol–water partition coefficient (Wildman–Crippen LogP) is 2.98. The van der Waals surface area contributed by atoms with Gasteiger partial charge in [0.2, 0.25) is 5.89 Å². The first-order chi connectivity index (χ1) is 17.5. The van der Waals surface area contributed by atoms with Crippen LogP contribution in [0.1, 0.15) is 71.7 Å². The molecule has 1 aromatic carbocycles. The van der Waals surface area contributed by atoms with Gasteiger partial charge in [-0.15, -0.1) is 0 Å². The van der Waals surface area contributed by atoms with E-state index in [0.29, 0.717) is 55.6 Å². The zero-order valence-corrected chi connectivity index (χ0v) is 20.5. The second-order valence-electron chi connectivity index (χ2n) is 9.95. The second kappa shape index (κ2) is 11.1. The summed E-state index contributed by atoms with van der Waals surface area (Å²) < 4.78 is 5.54. The van der Waals surface area contributed by atoms with E-state index in [-0.39, 0.29) is 29.9 Å². The highest BCUT2D eigenvalue weighted by molar-refractivity contribution is 5.95. The van der Waals surface area contributed by atoms with Gasteiger partial charge in [0.05, 0.1) is 6.54 Å². The number of oxazole rings is 1. The van der Waals surface area contributed by atoms with E-state index in [1.54, 1.807) is 24.3 Å². The molecule has 3 aliphatic rings. The van der Waals surface area contributed by atoms with Crippen LogP contribution in [0.2, 0.25) is 0 Å². The first kappa shape index (κ1) is 24.3. The molecule has 1 aliphatic heterocycles. The molecule has 3 fully saturated rings. The number of anilines is 1. The van der Waals surface area contributed by atoms with Crippen LogP contribution in [0.25, 0.3) is 0 Å². The SMILES string of the molecule is O=C(Nc1ccc(C(=O)N2CCN(Cc3nc(C(=O)NC4CCCC4)co3)CC2)cc1)NC1CCC1. The Balaban J connectivity index is 1.06. The average Bonchev–Trinajstić information content (AvgIpc) is 3.54. The van der Waals surface area contributed by atoms with Crippen LogP contribution in [-0.2, 0) is 6.54 Å². The topological polar surface area (TPSA) is 120 Å². The van der Waals surface area contributed by atoms with Gasteiger partial charge in [-0.25, -0.2) is 9.78 Å². The summed E-state index contributed by atoms with van der Waals surface area (Å²) in [6.07, 6.45) is 9.02. The van der Waals surface area contributed by atoms with E-state index in [2.05, 4.69) is 25.8 Å². The van der Waals surface area contributed by atoms with Crippen molar-refractivity contribution in [2.75, 3.05) is 31.5 Å². The van der Waals surface area contributed by atoms with Gasteiger partial charge >= 0.3 is 6.03 Å². The Kier molecular flexibility index (Phi) is 7.50. The van der Waals surface area contributed by atoms with E-state index >= 15 is 0 Å². The molecule has 10 nitrogen and oxygen atoms in total. The molecule has 36 heavy (non-hydrogen) atoms. The number of nitrogens with zero attached hydrogens (tertiary/aromatic N) is 3. The van der Waals surface area contributed by atoms with Gasteiger partial charge in [-0.2, -0.15) is 0 Å². The summed E-state index contributed by atoms with van der Waals surface area (Å²) in [5.74, 6) is 0.311. The molecule has 0 radical (unpaired) electrons. The Hall–Kier alpha value is -3.40. The Morgan fingerprint density at radius 3 is 2.22 bits per heavy atom. The van der Waals surface area contributed by atoms with Gasteiger partial charge in [-0.1, -0.05) is 12.8 Å². The van der Waals surface area contributed by atoms with E-state index < -0.39 is 0 Å². The molecule has 2 aliphatic carbocycles. The maximum atomic E-state index is 12.9. The molecule has 3 N–H and O–H groups in total. The van der Waals surface area contributed by atoms with Crippen molar-refractivity contribution in [3.63, 3.8) is 0 Å². The Bertz CT molecular complexity index is 1070. The Morgan fingerprint density at radius 2 is 1.56 bits per heavy atom. The molecule has 4 amide bonds. The summed E-state index contributed by atoms with van der Waals surface area (Å²) >= 11 is 0. The van der Waals surface area contributed by atoms with Crippen molar-refractivity contribution in [2.45, 2.75) is 63.6 Å². The van der Waals surface area contributed by atoms with Gasteiger partial charge in [-0.3, -0.25) is 14.5 Å². The molecule has 2 aromatic rings. The fourth-order valence-electron chi connectivity index (χ4n) is 4.90. The third kappa shape index (κ3) is 6.04. The van der Waals surface area contributed by atoms with Gasteiger partial charge in [0.15, 0.2) is 5.69 Å². The third-order valence-electron chi connectivity index (χ3n) is 7.32. The minimum Gasteiger partial charge on any atom is -0.447 e. The quantitative estimate of drug-likeness (QED) is 0.544. The number of urea groups is 1. The summed E-state index contributed by atoms with van der Waals surface area (Å²) in [6, 6.07) is 7.32. The highest BCUT2D eigenvalue weighted by atomic mass is 16.3. The number of nitrogens with one attached hydrogen (secondary N) is 3. The minimum absolute atomic E-state index is 0.0258. The average molecular weight is 495 g/mol. The summed E-state index contributed by atoms with van der Waals surface area (Å²) in [4.78, 5) is 45.7. The standard InChI is InChI=1S/C26H34N6O4/c33-24(27-19-4-1-2-5-19)22-17-36-23(30-22)16-31-12-14-32(15-13-31)25(34)18-8-10-21(11-9-18)29-26(35)28-20-6-3-7-20/h8-11,17,19-20H,1-7,12-16H2,(H,27,33)(H2,28,29,35). The van der Waals surface area contributed by atoms with Crippen LogP contribution in [-0.4, -0.2) is 70.9 Å². The van der Waals surface area contributed by atoms with E-state index in [1.807, 2.05) is 4.90 Å². The van der Waals surface area contributed by atoms with Crippen LogP contribution in [0, 0.1) is 0 Å². The lowest BCUT2D eigenvalue weighted by Gasteiger charge is -2.34. The number of rotatable bonds is 7. The highest BCUT2D eigenvalue weighted by Crippen LogP contribution is 2.20. The van der Waals surface area contributed by atoms with Crippen molar-refractivity contribution < 1.29 is 18.8 Å². The lowest BCUT2D eigenvalue weighted by Crippen LogP contribution is -2.48. The molecular formula is C26H34N6O4. The molecule has 2 saturated carbocycles. The van der Waals surface area contributed by atoms with Gasteiger partial charge in [0, 0.05) is 49.5 Å². The summed E-state index contributed by atoms with van der Waals surface area (Å²) in [6.45, 7) is 3.08. The van der Waals surface area contributed by atoms with Crippen molar-refractivity contribution in [3.8, 4) is 0 Å². The Morgan fingerprint density at radius 1 is 0.889 bits per heavy atom. The lowest BCUT2D eigenvalue weighted by atomic mass is 9.93. The number of carbonyl (C=O) groups is 3. The number of piperazine rings is 1. The molecular weight excluding hydrogens is 460 g/mol. The summed E-state index contributed by atoms with van der Waals surface area (Å²) in [5.41, 5.74) is 1.58. The van der Waals surface area contributed by atoms with Gasteiger partial charge < -0.3 is 25.3 Å². The number of benzene rings is 1. The van der Waals surface area contributed by atoms with Gasteiger partial charge in [0.1, 0.15) is 6.26 Å². The summed E-state index contributed by atoms with van der Waals surface area (Å²) in [7, 11) is 0. The molecule has 192 valence electrons. The van der Waals surface area contributed by atoms with Crippen LogP contribution in [0.15, 0.2) is 34.9 Å². The number of carbonyl (C=O) groups excluding carboxylic acids is 3. The second-order valence-corrected chi connectivity index (χ2v) is 9.95. The molecule has 0 unspecified atom stereocenters. The van der Waals surface area contributed by atoms with Crippen molar-refractivity contribution in [1.29, 1.82) is 0 Å². The smallest absolute Gasteiger partial charge is 0.319 e. The molecule has 0 atom stereocenters.